The second kappa shape index (κ2) is 7.32. The summed E-state index contributed by atoms with van der Waals surface area (Å²) in [4.78, 5) is 15.0. The number of benzene rings is 2. The molecule has 1 aromatic heterocycles. The van der Waals surface area contributed by atoms with Crippen LogP contribution in [0.2, 0.25) is 0 Å². The molecule has 1 aliphatic rings. The molecule has 1 saturated heterocycles. The molecule has 1 N–H and O–H groups in total. The third-order valence-corrected chi connectivity index (χ3v) is 4.23. The van der Waals surface area contributed by atoms with Crippen molar-refractivity contribution < 1.29 is 9.53 Å². The zero-order valence-electron chi connectivity index (χ0n) is 14.1. The molecule has 0 saturated carbocycles. The molecule has 0 radical (unpaired) electrons. The van der Waals surface area contributed by atoms with Gasteiger partial charge in [0.05, 0.1) is 30.3 Å². The largest absolute Gasteiger partial charge is 0.378 e. The number of tetrazole rings is 1. The molecule has 0 atom stereocenters. The summed E-state index contributed by atoms with van der Waals surface area (Å²) in [5, 5.41) is 14.1. The molecule has 1 aliphatic heterocycles. The number of para-hydroxylation sites is 2. The minimum absolute atomic E-state index is 0.180. The third kappa shape index (κ3) is 3.40. The molecule has 1 fully saturated rings. The van der Waals surface area contributed by atoms with E-state index in [-0.39, 0.29) is 5.91 Å². The lowest BCUT2D eigenvalue weighted by molar-refractivity contribution is 0.102. The fourth-order valence-corrected chi connectivity index (χ4v) is 2.92. The van der Waals surface area contributed by atoms with Crippen molar-refractivity contribution in [3.63, 3.8) is 0 Å². The summed E-state index contributed by atoms with van der Waals surface area (Å²) >= 11 is 0. The molecular formula is C18H18N6O2. The summed E-state index contributed by atoms with van der Waals surface area (Å²) in [6.07, 6.45) is 1.49. The Morgan fingerprint density at radius 1 is 1.08 bits per heavy atom. The number of aromatic nitrogens is 4. The average Bonchev–Trinajstić information content (AvgIpc) is 3.24. The van der Waals surface area contributed by atoms with Gasteiger partial charge >= 0.3 is 0 Å². The topological polar surface area (TPSA) is 85.2 Å². The Labute approximate surface area is 150 Å². The van der Waals surface area contributed by atoms with Crippen molar-refractivity contribution in [3.8, 4) is 5.69 Å². The van der Waals surface area contributed by atoms with E-state index in [0.717, 1.165) is 30.2 Å². The number of carbonyl (C=O) groups is 1. The van der Waals surface area contributed by atoms with E-state index in [1.165, 1.54) is 11.0 Å². The summed E-state index contributed by atoms with van der Waals surface area (Å²) in [6.45, 7) is 3.00. The lowest BCUT2D eigenvalue weighted by Gasteiger charge is -2.30. The van der Waals surface area contributed by atoms with Crippen molar-refractivity contribution in [1.82, 2.24) is 20.2 Å². The number of hydrogen-bond acceptors (Lipinski definition) is 6. The van der Waals surface area contributed by atoms with Crippen LogP contribution in [-0.4, -0.2) is 52.4 Å². The predicted octanol–water partition coefficient (Wildman–Crippen LogP) is 1.75. The number of rotatable bonds is 4. The third-order valence-electron chi connectivity index (χ3n) is 4.23. The van der Waals surface area contributed by atoms with Gasteiger partial charge < -0.3 is 15.0 Å². The van der Waals surface area contributed by atoms with E-state index >= 15 is 0 Å². The lowest BCUT2D eigenvalue weighted by Crippen LogP contribution is -2.36. The van der Waals surface area contributed by atoms with Crippen LogP contribution in [0, 0.1) is 0 Å². The van der Waals surface area contributed by atoms with Gasteiger partial charge in [-0.15, -0.1) is 5.10 Å². The summed E-state index contributed by atoms with van der Waals surface area (Å²) in [7, 11) is 0. The van der Waals surface area contributed by atoms with Gasteiger partial charge in [-0.2, -0.15) is 0 Å². The zero-order chi connectivity index (χ0) is 17.8. The van der Waals surface area contributed by atoms with E-state index < -0.39 is 0 Å². The van der Waals surface area contributed by atoms with E-state index in [1.807, 2.05) is 30.3 Å². The maximum atomic E-state index is 12.8. The second-order valence-corrected chi connectivity index (χ2v) is 5.88. The molecule has 0 aliphatic carbocycles. The van der Waals surface area contributed by atoms with Crippen molar-refractivity contribution in [2.75, 3.05) is 36.5 Å². The summed E-state index contributed by atoms with van der Waals surface area (Å²) < 4.78 is 6.92. The van der Waals surface area contributed by atoms with Crippen LogP contribution < -0.4 is 10.2 Å². The molecule has 8 heteroatoms. The van der Waals surface area contributed by atoms with Crippen LogP contribution in [0.15, 0.2) is 54.9 Å². The Morgan fingerprint density at radius 2 is 1.92 bits per heavy atom. The molecule has 8 nitrogen and oxygen atoms in total. The van der Waals surface area contributed by atoms with Crippen molar-refractivity contribution in [2.45, 2.75) is 0 Å². The Balaban J connectivity index is 1.56. The molecule has 0 unspecified atom stereocenters. The Kier molecular flexibility index (Phi) is 4.57. The van der Waals surface area contributed by atoms with E-state index in [0.29, 0.717) is 18.8 Å². The molecule has 1 amide bonds. The van der Waals surface area contributed by atoms with Gasteiger partial charge in [-0.1, -0.05) is 18.2 Å². The summed E-state index contributed by atoms with van der Waals surface area (Å²) in [5.74, 6) is -0.180. The Morgan fingerprint density at radius 3 is 2.73 bits per heavy atom. The van der Waals surface area contributed by atoms with Crippen LogP contribution in [0.25, 0.3) is 5.69 Å². The highest BCUT2D eigenvalue weighted by molar-refractivity contribution is 6.06. The van der Waals surface area contributed by atoms with Crippen LogP contribution >= 0.6 is 0 Å². The van der Waals surface area contributed by atoms with Gasteiger partial charge in [-0.3, -0.25) is 4.79 Å². The number of amides is 1. The van der Waals surface area contributed by atoms with Crippen molar-refractivity contribution in [2.24, 2.45) is 0 Å². The van der Waals surface area contributed by atoms with Crippen LogP contribution in [0.3, 0.4) is 0 Å². The molecule has 0 bridgehead atoms. The quantitative estimate of drug-likeness (QED) is 0.772. The van der Waals surface area contributed by atoms with Crippen molar-refractivity contribution in [3.05, 3.63) is 60.4 Å². The Hall–Kier alpha value is -3.26. The first kappa shape index (κ1) is 16.2. The molecule has 4 rings (SSSR count). The molecule has 132 valence electrons. The maximum Gasteiger partial charge on any atom is 0.255 e. The van der Waals surface area contributed by atoms with Gasteiger partial charge in [0, 0.05) is 18.7 Å². The first-order chi connectivity index (χ1) is 12.8. The van der Waals surface area contributed by atoms with Gasteiger partial charge in [-0.25, -0.2) is 4.68 Å². The first-order valence-corrected chi connectivity index (χ1v) is 8.38. The van der Waals surface area contributed by atoms with Crippen LogP contribution in [0.1, 0.15) is 10.4 Å². The van der Waals surface area contributed by atoms with E-state index in [9.17, 15) is 4.79 Å². The fourth-order valence-electron chi connectivity index (χ4n) is 2.92. The lowest BCUT2D eigenvalue weighted by atomic mass is 10.1. The highest BCUT2D eigenvalue weighted by Gasteiger charge is 2.16. The van der Waals surface area contributed by atoms with Crippen molar-refractivity contribution in [1.29, 1.82) is 0 Å². The number of carbonyl (C=O) groups excluding carboxylic acids is 1. The van der Waals surface area contributed by atoms with Crippen LogP contribution in [-0.2, 0) is 4.74 Å². The molecule has 0 spiro atoms. The monoisotopic (exact) mass is 350 g/mol. The van der Waals surface area contributed by atoms with Crippen LogP contribution in [0.4, 0.5) is 11.4 Å². The average molecular weight is 350 g/mol. The number of ether oxygens (including phenoxy) is 1. The molecule has 2 heterocycles. The van der Waals surface area contributed by atoms with Crippen molar-refractivity contribution >= 4 is 17.3 Å². The zero-order valence-corrected chi connectivity index (χ0v) is 14.1. The first-order valence-electron chi connectivity index (χ1n) is 8.38. The van der Waals surface area contributed by atoms with Gasteiger partial charge in [0.2, 0.25) is 0 Å². The fraction of sp³-hybridized carbons (Fsp3) is 0.222. The number of nitrogens with zero attached hydrogens (tertiary/aromatic N) is 5. The maximum absolute atomic E-state index is 12.8. The minimum atomic E-state index is -0.180. The van der Waals surface area contributed by atoms with Gasteiger partial charge in [-0.05, 0) is 40.8 Å². The number of anilines is 2. The summed E-state index contributed by atoms with van der Waals surface area (Å²) in [5.41, 5.74) is 3.05. The van der Waals surface area contributed by atoms with Crippen LogP contribution in [0.5, 0.6) is 0 Å². The smallest absolute Gasteiger partial charge is 0.255 e. The minimum Gasteiger partial charge on any atom is -0.378 e. The number of morpholine rings is 1. The Bertz CT molecular complexity index is 890. The molecule has 26 heavy (non-hydrogen) atoms. The van der Waals surface area contributed by atoms with E-state index in [4.69, 9.17) is 4.74 Å². The standard InChI is InChI=1S/C18H18N6O2/c25-18(14-4-3-5-15(12-14)24-13-19-21-22-24)20-16-6-1-2-7-17(16)23-8-10-26-11-9-23/h1-7,12-13H,8-11H2,(H,20,25). The van der Waals surface area contributed by atoms with Gasteiger partial charge in [0.15, 0.2) is 0 Å². The van der Waals surface area contributed by atoms with E-state index in [2.05, 4.69) is 25.7 Å². The molecule has 2 aromatic carbocycles. The highest BCUT2D eigenvalue weighted by atomic mass is 16.5. The number of nitrogens with one attached hydrogen (secondary N) is 1. The van der Waals surface area contributed by atoms with Gasteiger partial charge in [0.1, 0.15) is 6.33 Å². The SMILES string of the molecule is O=C(Nc1ccccc1N1CCOCC1)c1cccc(-n2cnnn2)c1. The van der Waals surface area contributed by atoms with E-state index in [1.54, 1.807) is 18.2 Å². The van der Waals surface area contributed by atoms with Gasteiger partial charge in [0.25, 0.3) is 5.91 Å². The molecule has 3 aromatic rings. The second-order valence-electron chi connectivity index (χ2n) is 5.88. The molecular weight excluding hydrogens is 332 g/mol. The summed E-state index contributed by atoms with van der Waals surface area (Å²) in [6, 6.07) is 15.0. The predicted molar refractivity (Wildman–Crippen MR) is 96.6 cm³/mol. The number of hydrogen-bond donors (Lipinski definition) is 1. The normalized spacial score (nSPS) is 14.2. The highest BCUT2D eigenvalue weighted by Crippen LogP contribution is 2.27.